The molecule has 4 rings (SSSR count). The van der Waals surface area contributed by atoms with E-state index in [0.29, 0.717) is 21.8 Å². The van der Waals surface area contributed by atoms with Crippen LogP contribution >= 0.6 is 34.7 Å². The Balaban J connectivity index is 1.86. The summed E-state index contributed by atoms with van der Waals surface area (Å²) in [5, 5.41) is 13.0. The fourth-order valence-corrected chi connectivity index (χ4v) is 6.52. The summed E-state index contributed by atoms with van der Waals surface area (Å²) in [6.07, 6.45) is -5.12. The third-order valence-electron chi connectivity index (χ3n) is 6.20. The Labute approximate surface area is 266 Å². The first-order valence-electron chi connectivity index (χ1n) is 13.2. The number of pyridine rings is 1. The molecule has 0 unspecified atom stereocenters. The molecule has 14 heteroatoms. The highest BCUT2D eigenvalue weighted by molar-refractivity contribution is 7.99. The number of nitrogens with zero attached hydrogens (tertiary/aromatic N) is 2. The van der Waals surface area contributed by atoms with Crippen molar-refractivity contribution in [2.24, 2.45) is 0 Å². The minimum Gasteiger partial charge on any atom is -0.463 e. The van der Waals surface area contributed by atoms with Gasteiger partial charge in [0.15, 0.2) is 23.7 Å². The number of thioether (sulfide) groups is 1. The number of thiophene rings is 1. The highest BCUT2D eigenvalue weighted by Crippen LogP contribution is 2.41. The van der Waals surface area contributed by atoms with Gasteiger partial charge < -0.3 is 23.7 Å². The number of carbonyl (C=O) groups excluding carboxylic acids is 4. The average molecular weight is 659 g/mol. The van der Waals surface area contributed by atoms with Gasteiger partial charge in [0.05, 0.1) is 16.1 Å². The van der Waals surface area contributed by atoms with E-state index in [9.17, 15) is 24.4 Å². The molecule has 1 aromatic carbocycles. The van der Waals surface area contributed by atoms with Crippen molar-refractivity contribution in [3.8, 4) is 27.8 Å². The summed E-state index contributed by atoms with van der Waals surface area (Å²) in [4.78, 5) is 53.8. The summed E-state index contributed by atoms with van der Waals surface area (Å²) < 4.78 is 28.0. The molecule has 0 saturated carbocycles. The fraction of sp³-hybridized carbons (Fsp3) is 0.333. The Hall–Kier alpha value is -3.96. The first-order valence-corrected chi connectivity index (χ1v) is 15.3. The molecule has 3 aromatic rings. The van der Waals surface area contributed by atoms with E-state index in [4.69, 9.17) is 40.3 Å². The predicted molar refractivity (Wildman–Crippen MR) is 161 cm³/mol. The number of esters is 4. The molecule has 0 bridgehead atoms. The fourth-order valence-electron chi connectivity index (χ4n) is 4.52. The zero-order chi connectivity index (χ0) is 32.0. The van der Waals surface area contributed by atoms with Gasteiger partial charge in [-0.3, -0.25) is 19.2 Å². The minimum absolute atomic E-state index is 0.200. The second-order valence-corrected chi connectivity index (χ2v) is 12.0. The molecule has 0 N–H and O–H groups in total. The maximum Gasteiger partial charge on any atom is 0.303 e. The van der Waals surface area contributed by atoms with Crippen LogP contribution < -0.4 is 0 Å². The van der Waals surface area contributed by atoms with E-state index in [1.807, 2.05) is 17.5 Å². The quantitative estimate of drug-likeness (QED) is 0.220. The molecule has 2 aromatic heterocycles. The largest absolute Gasteiger partial charge is 0.463 e. The molecule has 11 nitrogen and oxygen atoms in total. The highest BCUT2D eigenvalue weighted by atomic mass is 35.5. The van der Waals surface area contributed by atoms with Crippen LogP contribution in [0.25, 0.3) is 21.7 Å². The Morgan fingerprint density at radius 3 is 2.16 bits per heavy atom. The lowest BCUT2D eigenvalue weighted by atomic mass is 9.99. The zero-order valence-electron chi connectivity index (χ0n) is 24.0. The maximum atomic E-state index is 12.3. The van der Waals surface area contributed by atoms with E-state index in [-0.39, 0.29) is 17.2 Å². The van der Waals surface area contributed by atoms with Crippen molar-refractivity contribution in [3.63, 3.8) is 0 Å². The molecule has 3 heterocycles. The highest BCUT2D eigenvalue weighted by Gasteiger charge is 2.52. The summed E-state index contributed by atoms with van der Waals surface area (Å²) in [6.45, 7) is 4.27. The normalized spacial score (nSPS) is 21.0. The first-order chi connectivity index (χ1) is 21.0. The SMILES string of the molecule is CC(=O)OC[C@H]1O[C@@H](Sc2nc(-c3cccs3)cc(-c3ccc(Cl)cc3)c2C#N)[C@H](OC(C)=O)[C@@H](OC(C)=O)[C@H]1OC(C)=O. The van der Waals surface area contributed by atoms with Gasteiger partial charge in [0, 0.05) is 38.3 Å². The molecular formula is C30H27ClN2O9S2. The summed E-state index contributed by atoms with van der Waals surface area (Å²) in [5.74, 6) is -2.85. The number of halogens is 1. The summed E-state index contributed by atoms with van der Waals surface area (Å²) in [5.41, 5.74) is 0.875. The third kappa shape index (κ3) is 8.15. The molecule has 0 spiro atoms. The molecule has 230 valence electrons. The summed E-state index contributed by atoms with van der Waals surface area (Å²) in [7, 11) is 0. The van der Waals surface area contributed by atoms with Gasteiger partial charge in [0.25, 0.3) is 0 Å². The third-order valence-corrected chi connectivity index (χ3v) is 8.48. The molecule has 0 aliphatic carbocycles. The number of hydrogen-bond donors (Lipinski definition) is 0. The lowest BCUT2D eigenvalue weighted by Gasteiger charge is -2.44. The van der Waals surface area contributed by atoms with Gasteiger partial charge >= 0.3 is 23.9 Å². The van der Waals surface area contributed by atoms with Crippen molar-refractivity contribution < 1.29 is 42.9 Å². The van der Waals surface area contributed by atoms with Crippen LogP contribution in [0.15, 0.2) is 52.9 Å². The lowest BCUT2D eigenvalue weighted by molar-refractivity contribution is -0.237. The van der Waals surface area contributed by atoms with Crippen LogP contribution in [0, 0.1) is 11.3 Å². The molecule has 44 heavy (non-hydrogen) atoms. The topological polar surface area (TPSA) is 151 Å². The van der Waals surface area contributed by atoms with Gasteiger partial charge in [-0.05, 0) is 35.2 Å². The molecule has 1 aliphatic rings. The molecule has 1 aliphatic heterocycles. The van der Waals surface area contributed by atoms with Crippen LogP contribution in [-0.4, -0.2) is 65.3 Å². The zero-order valence-corrected chi connectivity index (χ0v) is 26.4. The Morgan fingerprint density at radius 1 is 0.955 bits per heavy atom. The Morgan fingerprint density at radius 2 is 1.59 bits per heavy atom. The van der Waals surface area contributed by atoms with Gasteiger partial charge in [-0.15, -0.1) is 11.3 Å². The van der Waals surface area contributed by atoms with Crippen LogP contribution in [0.4, 0.5) is 0 Å². The van der Waals surface area contributed by atoms with Crippen molar-refractivity contribution >= 4 is 58.6 Å². The number of rotatable bonds is 9. The molecule has 1 saturated heterocycles. The predicted octanol–water partition coefficient (Wildman–Crippen LogP) is 5.18. The molecule has 0 radical (unpaired) electrons. The number of aromatic nitrogens is 1. The van der Waals surface area contributed by atoms with Gasteiger partial charge in [-0.2, -0.15) is 5.26 Å². The van der Waals surface area contributed by atoms with Gasteiger partial charge in [-0.1, -0.05) is 41.6 Å². The van der Waals surface area contributed by atoms with E-state index in [2.05, 4.69) is 6.07 Å². The molecule has 5 atom stereocenters. The van der Waals surface area contributed by atoms with E-state index in [1.165, 1.54) is 18.3 Å². The maximum absolute atomic E-state index is 12.3. The molecule has 0 amide bonds. The second kappa shape index (κ2) is 14.7. The van der Waals surface area contributed by atoms with Crippen molar-refractivity contribution in [3.05, 3.63) is 58.4 Å². The van der Waals surface area contributed by atoms with E-state index < -0.39 is 53.7 Å². The number of benzene rings is 1. The van der Waals surface area contributed by atoms with E-state index in [1.54, 1.807) is 30.3 Å². The van der Waals surface area contributed by atoms with Crippen molar-refractivity contribution in [2.45, 2.75) is 62.6 Å². The number of carbonyl (C=O) groups is 4. The van der Waals surface area contributed by atoms with Gasteiger partial charge in [-0.25, -0.2) is 4.98 Å². The smallest absolute Gasteiger partial charge is 0.303 e. The number of ether oxygens (including phenoxy) is 5. The van der Waals surface area contributed by atoms with Crippen molar-refractivity contribution in [1.29, 1.82) is 5.26 Å². The minimum atomic E-state index is -1.35. The Bertz CT molecular complexity index is 1570. The number of nitriles is 1. The van der Waals surface area contributed by atoms with E-state index >= 15 is 0 Å². The van der Waals surface area contributed by atoms with E-state index in [0.717, 1.165) is 37.4 Å². The van der Waals surface area contributed by atoms with Gasteiger partial charge in [0.1, 0.15) is 23.8 Å². The van der Waals surface area contributed by atoms with Crippen LogP contribution in [0.1, 0.15) is 33.3 Å². The summed E-state index contributed by atoms with van der Waals surface area (Å²) in [6, 6.07) is 14.7. The first kappa shape index (κ1) is 32.9. The van der Waals surface area contributed by atoms with Crippen LogP contribution in [-0.2, 0) is 42.9 Å². The van der Waals surface area contributed by atoms with Crippen LogP contribution in [0.3, 0.4) is 0 Å². The average Bonchev–Trinajstić information content (AvgIpc) is 3.50. The standard InChI is InChI=1S/C30H27ClN2O9S2/c1-15(34)38-14-24-26(39-16(2)35)27(40-17(3)36)28(41-18(4)37)30(42-24)44-29-22(13-32)21(19-7-9-20(31)10-8-19)12-23(33-29)25-6-5-11-43-25/h5-12,24,26-28,30H,14H2,1-4H3/t24-,26+,27+,28-,30+/m1/s1. The van der Waals surface area contributed by atoms with Crippen molar-refractivity contribution in [1.82, 2.24) is 4.98 Å². The monoisotopic (exact) mass is 658 g/mol. The van der Waals surface area contributed by atoms with Crippen molar-refractivity contribution in [2.75, 3.05) is 6.61 Å². The summed E-state index contributed by atoms with van der Waals surface area (Å²) >= 11 is 8.52. The lowest BCUT2D eigenvalue weighted by Crippen LogP contribution is -2.61. The van der Waals surface area contributed by atoms with Crippen LogP contribution in [0.2, 0.25) is 5.02 Å². The number of hydrogen-bond acceptors (Lipinski definition) is 13. The molecule has 1 fully saturated rings. The Kier molecular flexibility index (Phi) is 11.0. The van der Waals surface area contributed by atoms with Gasteiger partial charge in [0.2, 0.25) is 0 Å². The molecular weight excluding hydrogens is 632 g/mol. The second-order valence-electron chi connectivity index (χ2n) is 9.52. The van der Waals surface area contributed by atoms with Crippen LogP contribution in [0.5, 0.6) is 0 Å².